The van der Waals surface area contributed by atoms with Crippen molar-refractivity contribution in [1.82, 2.24) is 14.8 Å². The van der Waals surface area contributed by atoms with Gasteiger partial charge in [0.2, 0.25) is 0 Å². The van der Waals surface area contributed by atoms with Crippen molar-refractivity contribution in [2.45, 2.75) is 65.6 Å². The van der Waals surface area contributed by atoms with E-state index in [-0.39, 0.29) is 0 Å². The summed E-state index contributed by atoms with van der Waals surface area (Å²) in [5.41, 5.74) is 4.25. The average Bonchev–Trinajstić information content (AvgIpc) is 3.04. The highest BCUT2D eigenvalue weighted by Crippen LogP contribution is 2.21. The Hall–Kier alpha value is -0.800. The maximum absolute atomic E-state index is 3.61. The molecular formula is C17H31N3. The third-order valence-corrected chi connectivity index (χ3v) is 4.90. The number of hydrogen-bond acceptors (Lipinski definition) is 2. The van der Waals surface area contributed by atoms with Gasteiger partial charge >= 0.3 is 0 Å². The van der Waals surface area contributed by atoms with Gasteiger partial charge in [0.15, 0.2) is 0 Å². The van der Waals surface area contributed by atoms with E-state index in [0.717, 1.165) is 32.2 Å². The van der Waals surface area contributed by atoms with Crippen LogP contribution in [0, 0.1) is 13.8 Å². The molecule has 0 bridgehead atoms. The minimum atomic E-state index is 0.835. The van der Waals surface area contributed by atoms with Crippen molar-refractivity contribution < 1.29 is 0 Å². The summed E-state index contributed by atoms with van der Waals surface area (Å²) in [6.45, 7) is 11.0. The van der Waals surface area contributed by atoms with E-state index in [2.05, 4.69) is 48.7 Å². The second-order valence-electron chi connectivity index (χ2n) is 6.24. The van der Waals surface area contributed by atoms with Crippen molar-refractivity contribution >= 4 is 0 Å². The zero-order valence-electron chi connectivity index (χ0n) is 13.7. The average molecular weight is 277 g/mol. The molecule has 1 aliphatic rings. The molecule has 1 aromatic rings. The lowest BCUT2D eigenvalue weighted by Gasteiger charge is -2.24. The van der Waals surface area contributed by atoms with Crippen LogP contribution in [0.5, 0.6) is 0 Å². The first-order valence-corrected chi connectivity index (χ1v) is 8.20. The Morgan fingerprint density at radius 2 is 2.00 bits per heavy atom. The maximum Gasteiger partial charge on any atom is 0.0223 e. The smallest absolute Gasteiger partial charge is 0.0223 e. The van der Waals surface area contributed by atoms with Crippen molar-refractivity contribution in [1.29, 1.82) is 0 Å². The van der Waals surface area contributed by atoms with Crippen LogP contribution < -0.4 is 5.32 Å². The van der Waals surface area contributed by atoms with Crippen LogP contribution >= 0.6 is 0 Å². The normalized spacial score (nSPS) is 16.4. The highest BCUT2D eigenvalue weighted by atomic mass is 15.1. The van der Waals surface area contributed by atoms with E-state index >= 15 is 0 Å². The monoisotopic (exact) mass is 277 g/mol. The summed E-state index contributed by atoms with van der Waals surface area (Å²) in [6.07, 6.45) is 5.64. The molecular weight excluding hydrogens is 246 g/mol. The van der Waals surface area contributed by atoms with Crippen LogP contribution in [0.15, 0.2) is 6.07 Å². The molecule has 1 N–H and O–H groups in total. The quantitative estimate of drug-likeness (QED) is 0.773. The fourth-order valence-corrected chi connectivity index (χ4v) is 3.54. The van der Waals surface area contributed by atoms with Crippen LogP contribution in [0.1, 0.15) is 49.6 Å². The number of nitrogens with zero attached hydrogens (tertiary/aromatic N) is 2. The summed E-state index contributed by atoms with van der Waals surface area (Å²) in [4.78, 5) is 2.54. The Balaban J connectivity index is 1.73. The molecule has 0 spiro atoms. The summed E-state index contributed by atoms with van der Waals surface area (Å²) >= 11 is 0. The molecule has 0 atom stereocenters. The molecule has 0 aliphatic heterocycles. The van der Waals surface area contributed by atoms with Crippen molar-refractivity contribution in [3.05, 3.63) is 23.0 Å². The van der Waals surface area contributed by atoms with E-state index in [1.165, 1.54) is 42.6 Å². The molecule has 1 heterocycles. The third kappa shape index (κ3) is 3.64. The van der Waals surface area contributed by atoms with Crippen LogP contribution in [0.4, 0.5) is 0 Å². The molecule has 2 rings (SSSR count). The number of nitrogens with one attached hydrogen (secondary N) is 1. The lowest BCUT2D eigenvalue weighted by Crippen LogP contribution is -2.35. The van der Waals surface area contributed by atoms with Crippen molar-refractivity contribution in [3.8, 4) is 0 Å². The Morgan fingerprint density at radius 1 is 1.30 bits per heavy atom. The summed E-state index contributed by atoms with van der Waals surface area (Å²) in [5.74, 6) is 0. The van der Waals surface area contributed by atoms with Crippen LogP contribution in [0.2, 0.25) is 0 Å². The molecule has 1 fully saturated rings. The van der Waals surface area contributed by atoms with Crippen LogP contribution in [-0.2, 0) is 13.1 Å². The van der Waals surface area contributed by atoms with Gasteiger partial charge in [0.05, 0.1) is 0 Å². The summed E-state index contributed by atoms with van der Waals surface area (Å²) < 4.78 is 2.39. The predicted molar refractivity (Wildman–Crippen MR) is 86.2 cm³/mol. The molecule has 3 nitrogen and oxygen atoms in total. The zero-order chi connectivity index (χ0) is 14.5. The summed E-state index contributed by atoms with van der Waals surface area (Å²) in [7, 11) is 2.28. The number of rotatable bonds is 7. The fraction of sp³-hybridized carbons (Fsp3) is 0.765. The highest BCUT2D eigenvalue weighted by Gasteiger charge is 2.18. The lowest BCUT2D eigenvalue weighted by atomic mass is 10.2. The molecule has 0 aromatic carbocycles. The van der Waals surface area contributed by atoms with Gasteiger partial charge in [-0.1, -0.05) is 12.8 Å². The van der Waals surface area contributed by atoms with Crippen LogP contribution in [0.25, 0.3) is 0 Å². The maximum atomic E-state index is 3.61. The van der Waals surface area contributed by atoms with E-state index in [1.54, 1.807) is 0 Å². The number of aryl methyl sites for hydroxylation is 1. The van der Waals surface area contributed by atoms with Crippen LogP contribution in [-0.4, -0.2) is 35.6 Å². The molecule has 114 valence electrons. The van der Waals surface area contributed by atoms with Gasteiger partial charge in [-0.2, -0.15) is 0 Å². The van der Waals surface area contributed by atoms with Gasteiger partial charge in [-0.15, -0.1) is 0 Å². The molecule has 0 radical (unpaired) electrons. The minimum Gasteiger partial charge on any atom is -0.349 e. The van der Waals surface area contributed by atoms with Gasteiger partial charge in [-0.05, 0) is 52.3 Å². The zero-order valence-corrected chi connectivity index (χ0v) is 13.7. The molecule has 0 saturated heterocycles. The van der Waals surface area contributed by atoms with Gasteiger partial charge in [-0.25, -0.2) is 0 Å². The first-order chi connectivity index (χ1) is 9.63. The Labute approximate surface area is 124 Å². The Kier molecular flexibility index (Phi) is 5.67. The first kappa shape index (κ1) is 15.6. The molecule has 1 saturated carbocycles. The van der Waals surface area contributed by atoms with E-state index in [1.807, 2.05) is 0 Å². The van der Waals surface area contributed by atoms with E-state index in [4.69, 9.17) is 0 Å². The predicted octanol–water partition coefficient (Wildman–Crippen LogP) is 3.09. The fourth-order valence-electron chi connectivity index (χ4n) is 3.54. The van der Waals surface area contributed by atoms with Gasteiger partial charge in [0, 0.05) is 43.6 Å². The van der Waals surface area contributed by atoms with Gasteiger partial charge < -0.3 is 14.8 Å². The summed E-state index contributed by atoms with van der Waals surface area (Å²) in [6, 6.07) is 3.16. The van der Waals surface area contributed by atoms with Gasteiger partial charge in [0.1, 0.15) is 0 Å². The molecule has 1 aromatic heterocycles. The molecule has 0 amide bonds. The second kappa shape index (κ2) is 7.28. The van der Waals surface area contributed by atoms with E-state index < -0.39 is 0 Å². The molecule has 20 heavy (non-hydrogen) atoms. The van der Waals surface area contributed by atoms with Gasteiger partial charge in [0.25, 0.3) is 0 Å². The third-order valence-electron chi connectivity index (χ3n) is 4.90. The largest absolute Gasteiger partial charge is 0.349 e. The van der Waals surface area contributed by atoms with Crippen molar-refractivity contribution in [2.24, 2.45) is 0 Å². The van der Waals surface area contributed by atoms with Crippen LogP contribution in [0.3, 0.4) is 0 Å². The Morgan fingerprint density at radius 3 is 2.60 bits per heavy atom. The Bertz CT molecular complexity index is 416. The SMILES string of the molecule is CCn1c(C)cc(CNCCN(C)C2CCCC2)c1C. The second-order valence-corrected chi connectivity index (χ2v) is 6.24. The van der Waals surface area contributed by atoms with Crippen molar-refractivity contribution in [3.63, 3.8) is 0 Å². The highest BCUT2D eigenvalue weighted by molar-refractivity contribution is 5.26. The molecule has 3 heteroatoms. The summed E-state index contributed by atoms with van der Waals surface area (Å²) in [5, 5.41) is 3.61. The lowest BCUT2D eigenvalue weighted by molar-refractivity contribution is 0.245. The molecule has 0 unspecified atom stereocenters. The van der Waals surface area contributed by atoms with Gasteiger partial charge in [-0.3, -0.25) is 0 Å². The standard InChI is InChI=1S/C17H31N3/c1-5-20-14(2)12-16(15(20)3)13-18-10-11-19(4)17-8-6-7-9-17/h12,17-18H,5-11,13H2,1-4H3. The van der Waals surface area contributed by atoms with E-state index in [0.29, 0.717) is 0 Å². The number of aromatic nitrogens is 1. The first-order valence-electron chi connectivity index (χ1n) is 8.20. The molecule has 1 aliphatic carbocycles. The minimum absolute atomic E-state index is 0.835. The van der Waals surface area contributed by atoms with Crippen molar-refractivity contribution in [2.75, 3.05) is 20.1 Å². The number of hydrogen-bond donors (Lipinski definition) is 1. The number of likely N-dealkylation sites (N-methyl/N-ethyl adjacent to an activating group) is 1. The van der Waals surface area contributed by atoms with E-state index in [9.17, 15) is 0 Å². The topological polar surface area (TPSA) is 20.2 Å².